The molecule has 120 valence electrons. The Morgan fingerprint density at radius 2 is 2.00 bits per heavy atom. The summed E-state index contributed by atoms with van der Waals surface area (Å²) in [6.07, 6.45) is -0.564. The summed E-state index contributed by atoms with van der Waals surface area (Å²) < 4.78 is 5.20. The molecule has 0 radical (unpaired) electrons. The van der Waals surface area contributed by atoms with Gasteiger partial charge in [0.15, 0.2) is 0 Å². The van der Waals surface area contributed by atoms with Crippen LogP contribution in [-0.2, 0) is 9.53 Å². The fraction of sp³-hybridized carbons (Fsp3) is 0.500. The summed E-state index contributed by atoms with van der Waals surface area (Å²) in [5.74, 6) is 0.349. The Hall–Kier alpha value is -1.69. The smallest absolute Gasteiger partial charge is 0.408 e. The van der Waals surface area contributed by atoms with Crippen LogP contribution in [0.2, 0.25) is 0 Å². The summed E-state index contributed by atoms with van der Waals surface area (Å²) >= 11 is 1.66. The van der Waals surface area contributed by atoms with E-state index in [2.05, 4.69) is 10.6 Å². The predicted molar refractivity (Wildman–Crippen MR) is 87.8 cm³/mol. The third-order valence-electron chi connectivity index (χ3n) is 3.10. The molecule has 0 spiro atoms. The first-order valence-corrected chi connectivity index (χ1v) is 8.34. The molecule has 2 rings (SSSR count). The standard InChI is InChI=1S/C16H22N2O3S/c1-16(2,3)21-15(20)18-12-10-22-13(9-17-14(12)19)11-7-5-4-6-8-11/h4-8,12-13H,9-10H2,1-3H3,(H,17,19)(H,18,20)/t12-,13?/m0/s1. The Morgan fingerprint density at radius 3 is 2.64 bits per heavy atom. The van der Waals surface area contributed by atoms with Crippen molar-refractivity contribution in [2.24, 2.45) is 0 Å². The number of alkyl carbamates (subject to hydrolysis) is 1. The van der Waals surface area contributed by atoms with Gasteiger partial charge < -0.3 is 15.4 Å². The van der Waals surface area contributed by atoms with Gasteiger partial charge in [-0.25, -0.2) is 4.79 Å². The van der Waals surface area contributed by atoms with E-state index in [0.29, 0.717) is 12.3 Å². The van der Waals surface area contributed by atoms with Crippen molar-refractivity contribution < 1.29 is 14.3 Å². The summed E-state index contributed by atoms with van der Waals surface area (Å²) in [6, 6.07) is 9.46. The van der Waals surface area contributed by atoms with Gasteiger partial charge in [0.2, 0.25) is 5.91 Å². The molecule has 0 aliphatic carbocycles. The molecule has 1 unspecified atom stereocenters. The number of thioether (sulfide) groups is 1. The minimum absolute atomic E-state index is 0.170. The number of rotatable bonds is 2. The Morgan fingerprint density at radius 1 is 1.32 bits per heavy atom. The number of nitrogens with one attached hydrogen (secondary N) is 2. The van der Waals surface area contributed by atoms with Gasteiger partial charge in [-0.05, 0) is 26.3 Å². The molecule has 2 amide bonds. The minimum Gasteiger partial charge on any atom is -0.444 e. The Labute approximate surface area is 135 Å². The van der Waals surface area contributed by atoms with Crippen molar-refractivity contribution in [2.45, 2.75) is 37.7 Å². The van der Waals surface area contributed by atoms with Gasteiger partial charge in [0.05, 0.1) is 0 Å². The quantitative estimate of drug-likeness (QED) is 0.878. The van der Waals surface area contributed by atoms with E-state index in [9.17, 15) is 9.59 Å². The largest absolute Gasteiger partial charge is 0.444 e. The van der Waals surface area contributed by atoms with Gasteiger partial charge in [0.25, 0.3) is 0 Å². The third kappa shape index (κ3) is 4.94. The summed E-state index contributed by atoms with van der Waals surface area (Å²) in [6.45, 7) is 5.93. The Kier molecular flexibility index (Phi) is 5.34. The normalized spacial score (nSPS) is 22.4. The molecule has 5 nitrogen and oxygen atoms in total. The molecule has 2 atom stereocenters. The molecule has 0 bridgehead atoms. The number of amides is 2. The molecule has 1 heterocycles. The number of carbonyl (C=O) groups is 2. The van der Waals surface area contributed by atoms with E-state index in [1.165, 1.54) is 5.56 Å². The molecule has 6 heteroatoms. The second-order valence-electron chi connectivity index (χ2n) is 6.18. The van der Waals surface area contributed by atoms with Gasteiger partial charge in [-0.3, -0.25) is 4.79 Å². The van der Waals surface area contributed by atoms with E-state index in [-0.39, 0.29) is 11.2 Å². The Balaban J connectivity index is 1.95. The van der Waals surface area contributed by atoms with E-state index in [1.807, 2.05) is 30.3 Å². The Bertz CT molecular complexity index is 528. The number of carbonyl (C=O) groups excluding carboxylic acids is 2. The van der Waals surface area contributed by atoms with Crippen LogP contribution in [0.4, 0.5) is 4.79 Å². The van der Waals surface area contributed by atoms with E-state index in [0.717, 1.165) is 0 Å². The fourth-order valence-corrected chi connectivity index (χ4v) is 3.31. The number of ether oxygens (including phenoxy) is 1. The average molecular weight is 322 g/mol. The summed E-state index contributed by atoms with van der Waals surface area (Å²) in [5.41, 5.74) is 0.594. The van der Waals surface area contributed by atoms with Crippen LogP contribution in [0, 0.1) is 0 Å². The molecule has 2 N–H and O–H groups in total. The maximum atomic E-state index is 12.1. The monoisotopic (exact) mass is 322 g/mol. The number of benzene rings is 1. The van der Waals surface area contributed by atoms with E-state index >= 15 is 0 Å². The average Bonchev–Trinajstić information content (AvgIpc) is 2.61. The molecule has 0 aromatic heterocycles. The lowest BCUT2D eigenvalue weighted by Gasteiger charge is -2.22. The maximum Gasteiger partial charge on any atom is 0.408 e. The molecule has 1 aliphatic heterocycles. The SMILES string of the molecule is CC(C)(C)OC(=O)N[C@H]1CSC(c2ccccc2)CNC1=O. The zero-order chi connectivity index (χ0) is 16.2. The number of hydrogen-bond acceptors (Lipinski definition) is 4. The van der Waals surface area contributed by atoms with Crippen LogP contribution in [0.1, 0.15) is 31.6 Å². The van der Waals surface area contributed by atoms with Crippen molar-refractivity contribution in [1.82, 2.24) is 10.6 Å². The lowest BCUT2D eigenvalue weighted by molar-refractivity contribution is -0.122. The van der Waals surface area contributed by atoms with E-state index in [4.69, 9.17) is 4.74 Å². The first-order valence-electron chi connectivity index (χ1n) is 7.29. The molecule has 1 saturated heterocycles. The second-order valence-corrected chi connectivity index (χ2v) is 7.41. The molecule has 22 heavy (non-hydrogen) atoms. The first kappa shape index (κ1) is 16.7. The van der Waals surface area contributed by atoms with Crippen molar-refractivity contribution in [3.63, 3.8) is 0 Å². The van der Waals surface area contributed by atoms with Crippen molar-refractivity contribution in [3.8, 4) is 0 Å². The molecule has 1 fully saturated rings. The van der Waals surface area contributed by atoms with Crippen LogP contribution < -0.4 is 10.6 Å². The van der Waals surface area contributed by atoms with Crippen LogP contribution in [0.15, 0.2) is 30.3 Å². The first-order chi connectivity index (χ1) is 10.3. The van der Waals surface area contributed by atoms with Crippen LogP contribution in [0.3, 0.4) is 0 Å². The minimum atomic E-state index is -0.578. The van der Waals surface area contributed by atoms with Crippen LogP contribution >= 0.6 is 11.8 Å². The molecular formula is C16H22N2O3S. The maximum absolute atomic E-state index is 12.1. The molecule has 0 saturated carbocycles. The highest BCUT2D eigenvalue weighted by atomic mass is 32.2. The van der Waals surface area contributed by atoms with E-state index < -0.39 is 17.7 Å². The summed E-state index contributed by atoms with van der Waals surface area (Å²) in [4.78, 5) is 23.9. The van der Waals surface area contributed by atoms with Crippen molar-refractivity contribution >= 4 is 23.8 Å². The van der Waals surface area contributed by atoms with Crippen LogP contribution in [0.5, 0.6) is 0 Å². The van der Waals surface area contributed by atoms with Crippen LogP contribution in [-0.4, -0.2) is 35.9 Å². The van der Waals surface area contributed by atoms with Gasteiger partial charge >= 0.3 is 6.09 Å². The van der Waals surface area contributed by atoms with Crippen molar-refractivity contribution in [1.29, 1.82) is 0 Å². The fourth-order valence-electron chi connectivity index (χ4n) is 2.10. The van der Waals surface area contributed by atoms with Crippen LogP contribution in [0.25, 0.3) is 0 Å². The lowest BCUT2D eigenvalue weighted by Crippen LogP contribution is -2.48. The molecular weight excluding hydrogens is 300 g/mol. The zero-order valence-corrected chi connectivity index (χ0v) is 13.9. The molecule has 1 aromatic rings. The summed E-state index contributed by atoms with van der Waals surface area (Å²) in [7, 11) is 0. The predicted octanol–water partition coefficient (Wildman–Crippen LogP) is 2.48. The van der Waals surface area contributed by atoms with Gasteiger partial charge in [-0.2, -0.15) is 0 Å². The van der Waals surface area contributed by atoms with Gasteiger partial charge in [-0.15, -0.1) is 11.8 Å². The summed E-state index contributed by atoms with van der Waals surface area (Å²) in [5, 5.41) is 5.71. The highest BCUT2D eigenvalue weighted by Gasteiger charge is 2.29. The zero-order valence-electron chi connectivity index (χ0n) is 13.1. The van der Waals surface area contributed by atoms with Gasteiger partial charge in [0.1, 0.15) is 11.6 Å². The molecule has 1 aliphatic rings. The molecule has 1 aromatic carbocycles. The van der Waals surface area contributed by atoms with E-state index in [1.54, 1.807) is 32.5 Å². The van der Waals surface area contributed by atoms with Gasteiger partial charge in [-0.1, -0.05) is 30.3 Å². The topological polar surface area (TPSA) is 67.4 Å². The van der Waals surface area contributed by atoms with Gasteiger partial charge in [0, 0.05) is 17.5 Å². The lowest BCUT2D eigenvalue weighted by atomic mass is 10.1. The highest BCUT2D eigenvalue weighted by Crippen LogP contribution is 2.30. The van der Waals surface area contributed by atoms with Crippen molar-refractivity contribution in [3.05, 3.63) is 35.9 Å². The van der Waals surface area contributed by atoms with Crippen molar-refractivity contribution in [2.75, 3.05) is 12.3 Å². The third-order valence-corrected chi connectivity index (χ3v) is 4.47. The second kappa shape index (κ2) is 7.05. The number of hydrogen-bond donors (Lipinski definition) is 2. The highest BCUT2D eigenvalue weighted by molar-refractivity contribution is 7.99.